The Bertz CT molecular complexity index is 532. The average molecular weight is 300 g/mol. The second-order valence-electron chi connectivity index (χ2n) is 3.56. The first-order chi connectivity index (χ1) is 7.55. The van der Waals surface area contributed by atoms with Gasteiger partial charge in [-0.1, -0.05) is 28.1 Å². The van der Waals surface area contributed by atoms with E-state index in [1.165, 1.54) is 5.41 Å². The SMILES string of the molecule is O=S1(=O)C=C[C@H](N=Cc2ccc(Br)cc2)C1. The van der Waals surface area contributed by atoms with E-state index in [1.807, 2.05) is 24.3 Å². The van der Waals surface area contributed by atoms with E-state index in [0.717, 1.165) is 10.0 Å². The van der Waals surface area contributed by atoms with E-state index in [2.05, 4.69) is 20.9 Å². The molecule has 0 saturated heterocycles. The molecule has 0 aromatic heterocycles. The molecule has 0 amide bonds. The third kappa shape index (κ3) is 3.02. The number of benzene rings is 1. The van der Waals surface area contributed by atoms with E-state index in [4.69, 9.17) is 0 Å². The smallest absolute Gasteiger partial charge is 0.173 e. The highest BCUT2D eigenvalue weighted by Crippen LogP contribution is 2.12. The summed E-state index contributed by atoms with van der Waals surface area (Å²) in [5.41, 5.74) is 0.959. The topological polar surface area (TPSA) is 46.5 Å². The summed E-state index contributed by atoms with van der Waals surface area (Å²) >= 11 is 3.34. The van der Waals surface area contributed by atoms with Crippen molar-refractivity contribution in [1.29, 1.82) is 0 Å². The molecule has 0 fully saturated rings. The Labute approximate surface area is 103 Å². The maximum atomic E-state index is 11.1. The molecule has 3 nitrogen and oxygen atoms in total. The normalized spacial score (nSPS) is 22.9. The van der Waals surface area contributed by atoms with Crippen molar-refractivity contribution in [3.8, 4) is 0 Å². The van der Waals surface area contributed by atoms with Crippen LogP contribution in [-0.2, 0) is 9.84 Å². The van der Waals surface area contributed by atoms with Crippen LogP contribution < -0.4 is 0 Å². The van der Waals surface area contributed by atoms with Gasteiger partial charge >= 0.3 is 0 Å². The van der Waals surface area contributed by atoms with E-state index in [-0.39, 0.29) is 11.8 Å². The minimum absolute atomic E-state index is 0.0834. The van der Waals surface area contributed by atoms with Crippen LogP contribution in [0.2, 0.25) is 0 Å². The highest BCUT2D eigenvalue weighted by atomic mass is 79.9. The molecule has 1 aliphatic heterocycles. The van der Waals surface area contributed by atoms with Gasteiger partial charge in [-0.25, -0.2) is 8.42 Å². The molecule has 0 aliphatic carbocycles. The first kappa shape index (κ1) is 11.5. The average Bonchev–Trinajstić information content (AvgIpc) is 2.58. The molecule has 1 heterocycles. The zero-order chi connectivity index (χ0) is 11.6. The van der Waals surface area contributed by atoms with Gasteiger partial charge in [-0.2, -0.15) is 0 Å². The number of halogens is 1. The Kier molecular flexibility index (Phi) is 3.25. The molecule has 2 rings (SSSR count). The second-order valence-corrected chi connectivity index (χ2v) is 6.40. The van der Waals surface area contributed by atoms with Crippen molar-refractivity contribution in [2.24, 2.45) is 4.99 Å². The molecule has 1 atom stereocenters. The molecular weight excluding hydrogens is 290 g/mol. The summed E-state index contributed by atoms with van der Waals surface area (Å²) in [6, 6.07) is 7.43. The van der Waals surface area contributed by atoms with Gasteiger partial charge in [-0.3, -0.25) is 4.99 Å². The van der Waals surface area contributed by atoms with Gasteiger partial charge in [0.2, 0.25) is 0 Å². The summed E-state index contributed by atoms with van der Waals surface area (Å²) in [5.74, 6) is 0.0834. The van der Waals surface area contributed by atoms with E-state index < -0.39 is 9.84 Å². The summed E-state index contributed by atoms with van der Waals surface area (Å²) in [6.45, 7) is 0. The lowest BCUT2D eigenvalue weighted by atomic mass is 10.2. The van der Waals surface area contributed by atoms with Gasteiger partial charge in [0.1, 0.15) is 0 Å². The van der Waals surface area contributed by atoms with Crippen molar-refractivity contribution >= 4 is 32.0 Å². The van der Waals surface area contributed by atoms with Gasteiger partial charge in [-0.15, -0.1) is 0 Å². The van der Waals surface area contributed by atoms with Gasteiger partial charge in [0.25, 0.3) is 0 Å². The Morgan fingerprint density at radius 1 is 1.31 bits per heavy atom. The van der Waals surface area contributed by atoms with Gasteiger partial charge in [0, 0.05) is 16.1 Å². The molecule has 1 aliphatic rings. The standard InChI is InChI=1S/C11H10BrNO2S/c12-10-3-1-9(2-4-10)7-13-11-5-6-16(14,15)8-11/h1-7,11H,8H2/t11-/m0/s1. The van der Waals surface area contributed by atoms with Crippen molar-refractivity contribution in [2.75, 3.05) is 5.75 Å². The molecule has 0 saturated carbocycles. The van der Waals surface area contributed by atoms with Crippen LogP contribution in [-0.4, -0.2) is 26.4 Å². The zero-order valence-electron chi connectivity index (χ0n) is 8.38. The molecule has 84 valence electrons. The zero-order valence-corrected chi connectivity index (χ0v) is 10.8. The Morgan fingerprint density at radius 2 is 2.00 bits per heavy atom. The van der Waals surface area contributed by atoms with Crippen LogP contribution in [0.5, 0.6) is 0 Å². The van der Waals surface area contributed by atoms with Crippen LogP contribution in [0, 0.1) is 0 Å². The van der Waals surface area contributed by atoms with Gasteiger partial charge < -0.3 is 0 Å². The summed E-state index contributed by atoms with van der Waals surface area (Å²) in [5, 5.41) is 1.23. The summed E-state index contributed by atoms with van der Waals surface area (Å²) < 4.78 is 23.3. The van der Waals surface area contributed by atoms with Crippen LogP contribution in [0.1, 0.15) is 5.56 Å². The van der Waals surface area contributed by atoms with Crippen molar-refractivity contribution in [2.45, 2.75) is 6.04 Å². The Morgan fingerprint density at radius 3 is 2.56 bits per heavy atom. The molecule has 5 heteroatoms. The Hall–Kier alpha value is -0.940. The maximum Gasteiger partial charge on any atom is 0.173 e. The first-order valence-corrected chi connectivity index (χ1v) is 7.26. The highest BCUT2D eigenvalue weighted by molar-refractivity contribution is 9.10. The highest BCUT2D eigenvalue weighted by Gasteiger charge is 2.19. The van der Waals surface area contributed by atoms with Crippen molar-refractivity contribution in [1.82, 2.24) is 0 Å². The monoisotopic (exact) mass is 299 g/mol. The molecule has 16 heavy (non-hydrogen) atoms. The molecular formula is C11H10BrNO2S. The quantitative estimate of drug-likeness (QED) is 0.786. The number of nitrogens with zero attached hydrogens (tertiary/aromatic N) is 1. The second kappa shape index (κ2) is 4.51. The minimum Gasteiger partial charge on any atom is -0.284 e. The lowest BCUT2D eigenvalue weighted by Crippen LogP contribution is -2.08. The third-order valence-corrected chi connectivity index (χ3v) is 4.10. The maximum absolute atomic E-state index is 11.1. The number of hydrogen-bond donors (Lipinski definition) is 0. The van der Waals surface area contributed by atoms with Crippen molar-refractivity contribution < 1.29 is 8.42 Å². The third-order valence-electron chi connectivity index (χ3n) is 2.20. The first-order valence-electron chi connectivity index (χ1n) is 4.75. The van der Waals surface area contributed by atoms with Crippen molar-refractivity contribution in [3.63, 3.8) is 0 Å². The molecule has 1 aromatic rings. The molecule has 0 spiro atoms. The molecule has 0 radical (unpaired) electrons. The number of hydrogen-bond acceptors (Lipinski definition) is 3. The summed E-state index contributed by atoms with van der Waals surface area (Å²) in [6.07, 6.45) is 3.31. The van der Waals surface area contributed by atoms with Gasteiger partial charge in [0.15, 0.2) is 9.84 Å². The Balaban J connectivity index is 2.06. The van der Waals surface area contributed by atoms with Gasteiger partial charge in [-0.05, 0) is 23.8 Å². The fourth-order valence-corrected chi connectivity index (χ4v) is 2.85. The number of aliphatic imine (C=N–C) groups is 1. The van der Waals surface area contributed by atoms with E-state index in [9.17, 15) is 8.42 Å². The summed E-state index contributed by atoms with van der Waals surface area (Å²) in [4.78, 5) is 4.21. The predicted molar refractivity (Wildman–Crippen MR) is 68.5 cm³/mol. The molecule has 0 bridgehead atoms. The van der Waals surface area contributed by atoms with Crippen LogP contribution in [0.25, 0.3) is 0 Å². The van der Waals surface area contributed by atoms with Crippen LogP contribution in [0.15, 0.2) is 45.2 Å². The van der Waals surface area contributed by atoms with E-state index in [1.54, 1.807) is 12.3 Å². The van der Waals surface area contributed by atoms with Crippen LogP contribution >= 0.6 is 15.9 Å². The van der Waals surface area contributed by atoms with Crippen LogP contribution in [0.4, 0.5) is 0 Å². The van der Waals surface area contributed by atoms with E-state index >= 15 is 0 Å². The molecule has 1 aromatic carbocycles. The van der Waals surface area contributed by atoms with Gasteiger partial charge in [0.05, 0.1) is 11.8 Å². The lowest BCUT2D eigenvalue weighted by Gasteiger charge is -1.98. The number of sulfone groups is 1. The lowest BCUT2D eigenvalue weighted by molar-refractivity contribution is 0.604. The van der Waals surface area contributed by atoms with Crippen molar-refractivity contribution in [3.05, 3.63) is 45.8 Å². The fourth-order valence-electron chi connectivity index (χ4n) is 1.38. The predicted octanol–water partition coefficient (Wildman–Crippen LogP) is 2.18. The number of rotatable bonds is 2. The van der Waals surface area contributed by atoms with Crippen LogP contribution in [0.3, 0.4) is 0 Å². The summed E-state index contributed by atoms with van der Waals surface area (Å²) in [7, 11) is -3.01. The largest absolute Gasteiger partial charge is 0.284 e. The van der Waals surface area contributed by atoms with E-state index in [0.29, 0.717) is 0 Å². The molecule has 0 N–H and O–H groups in total. The fraction of sp³-hybridized carbons (Fsp3) is 0.182. The minimum atomic E-state index is -3.01. The molecule has 0 unspecified atom stereocenters.